The lowest BCUT2D eigenvalue weighted by Crippen LogP contribution is -2.25. The van der Waals surface area contributed by atoms with Gasteiger partial charge in [0.2, 0.25) is 0 Å². The van der Waals surface area contributed by atoms with E-state index in [1.165, 1.54) is 14.2 Å². The summed E-state index contributed by atoms with van der Waals surface area (Å²) in [5, 5.41) is 9.70. The molecule has 0 bridgehead atoms. The fourth-order valence-corrected chi connectivity index (χ4v) is 3.33. The number of para-hydroxylation sites is 1. The van der Waals surface area contributed by atoms with Gasteiger partial charge in [0.15, 0.2) is 11.5 Å². The molecule has 0 saturated heterocycles. The molecule has 1 heterocycles. The van der Waals surface area contributed by atoms with Gasteiger partial charge in [0, 0.05) is 18.8 Å². The molecular formula is C19H21NO4. The summed E-state index contributed by atoms with van der Waals surface area (Å²) in [6, 6.07) is 12.1. The summed E-state index contributed by atoms with van der Waals surface area (Å²) in [4.78, 5) is 14.1. The molecule has 2 aromatic rings. The number of carbonyl (C=O) groups is 1. The predicted octanol–water partition coefficient (Wildman–Crippen LogP) is 3.01. The highest BCUT2D eigenvalue weighted by Gasteiger charge is 2.26. The fraction of sp³-hybridized carbons (Fsp3) is 0.316. The van der Waals surface area contributed by atoms with Gasteiger partial charge >= 0.3 is 5.97 Å². The fourth-order valence-electron chi connectivity index (χ4n) is 3.33. The highest BCUT2D eigenvalue weighted by molar-refractivity contribution is 5.94. The van der Waals surface area contributed by atoms with E-state index in [2.05, 4.69) is 17.0 Å². The van der Waals surface area contributed by atoms with Gasteiger partial charge in [-0.2, -0.15) is 0 Å². The Bertz CT molecular complexity index is 743. The highest BCUT2D eigenvalue weighted by Crippen LogP contribution is 2.37. The average Bonchev–Trinajstić information content (AvgIpc) is 2.82. The van der Waals surface area contributed by atoms with Gasteiger partial charge in [-0.1, -0.05) is 18.2 Å². The number of aromatic carboxylic acids is 1. The zero-order chi connectivity index (χ0) is 17.1. The SMILES string of the molecule is COc1cc2c(c(C(=O)O)c1OC)CCN(c1ccccc1)CC2. The molecule has 3 rings (SSSR count). The van der Waals surface area contributed by atoms with Crippen molar-refractivity contribution in [1.82, 2.24) is 0 Å². The van der Waals surface area contributed by atoms with Crippen LogP contribution in [0.5, 0.6) is 11.5 Å². The number of ether oxygens (including phenoxy) is 2. The van der Waals surface area contributed by atoms with E-state index in [4.69, 9.17) is 9.47 Å². The Balaban J connectivity index is 2.02. The first-order chi connectivity index (χ1) is 11.7. The monoisotopic (exact) mass is 327 g/mol. The molecule has 0 unspecified atom stereocenters. The van der Waals surface area contributed by atoms with Crippen molar-refractivity contribution >= 4 is 11.7 Å². The maximum absolute atomic E-state index is 11.8. The Morgan fingerprint density at radius 1 is 1.08 bits per heavy atom. The van der Waals surface area contributed by atoms with E-state index >= 15 is 0 Å². The molecule has 5 heteroatoms. The lowest BCUT2D eigenvalue weighted by molar-refractivity contribution is 0.0691. The summed E-state index contributed by atoms with van der Waals surface area (Å²) >= 11 is 0. The third-order valence-corrected chi connectivity index (χ3v) is 4.49. The standard InChI is InChI=1S/C19H21NO4/c1-23-16-12-13-8-10-20(14-6-4-3-5-7-14)11-9-15(13)17(19(21)22)18(16)24-2/h3-7,12H,8-11H2,1-2H3,(H,21,22). The molecule has 1 aliphatic rings. The number of hydrogen-bond donors (Lipinski definition) is 1. The van der Waals surface area contributed by atoms with Crippen molar-refractivity contribution in [3.8, 4) is 11.5 Å². The van der Waals surface area contributed by atoms with Crippen LogP contribution in [0.25, 0.3) is 0 Å². The van der Waals surface area contributed by atoms with Gasteiger partial charge in [-0.15, -0.1) is 0 Å². The van der Waals surface area contributed by atoms with Crippen LogP contribution in [0.2, 0.25) is 0 Å². The Hall–Kier alpha value is -2.69. The van der Waals surface area contributed by atoms with Crippen LogP contribution >= 0.6 is 0 Å². The molecule has 0 aromatic heterocycles. The lowest BCUT2D eigenvalue weighted by atomic mass is 9.95. The van der Waals surface area contributed by atoms with E-state index in [0.717, 1.165) is 36.3 Å². The van der Waals surface area contributed by atoms with Crippen LogP contribution in [-0.4, -0.2) is 38.4 Å². The molecular weight excluding hydrogens is 306 g/mol. The molecule has 1 N–H and O–H groups in total. The van der Waals surface area contributed by atoms with Gasteiger partial charge in [-0.3, -0.25) is 0 Å². The van der Waals surface area contributed by atoms with E-state index in [0.29, 0.717) is 17.9 Å². The summed E-state index contributed by atoms with van der Waals surface area (Å²) < 4.78 is 10.7. The van der Waals surface area contributed by atoms with Crippen molar-refractivity contribution in [3.05, 3.63) is 53.1 Å². The molecule has 24 heavy (non-hydrogen) atoms. The van der Waals surface area contributed by atoms with Crippen molar-refractivity contribution in [1.29, 1.82) is 0 Å². The smallest absolute Gasteiger partial charge is 0.339 e. The van der Waals surface area contributed by atoms with Gasteiger partial charge in [0.05, 0.1) is 14.2 Å². The first-order valence-electron chi connectivity index (χ1n) is 7.95. The first-order valence-corrected chi connectivity index (χ1v) is 7.95. The summed E-state index contributed by atoms with van der Waals surface area (Å²) in [6.07, 6.45) is 1.43. The minimum absolute atomic E-state index is 0.224. The number of nitrogens with zero attached hydrogens (tertiary/aromatic N) is 1. The quantitative estimate of drug-likeness (QED) is 0.935. The second kappa shape index (κ2) is 6.83. The lowest BCUT2D eigenvalue weighted by Gasteiger charge is -2.22. The topological polar surface area (TPSA) is 59.0 Å². The van der Waals surface area contributed by atoms with Gasteiger partial charge in [0.1, 0.15) is 5.56 Å². The highest BCUT2D eigenvalue weighted by atomic mass is 16.5. The largest absolute Gasteiger partial charge is 0.493 e. The summed E-state index contributed by atoms with van der Waals surface area (Å²) in [7, 11) is 3.01. The molecule has 1 aliphatic heterocycles. The maximum Gasteiger partial charge on any atom is 0.339 e. The van der Waals surface area contributed by atoms with Crippen molar-refractivity contribution in [2.24, 2.45) is 0 Å². The van der Waals surface area contributed by atoms with E-state index < -0.39 is 5.97 Å². The van der Waals surface area contributed by atoms with E-state index in [-0.39, 0.29) is 5.56 Å². The molecule has 0 amide bonds. The van der Waals surface area contributed by atoms with Gasteiger partial charge in [-0.25, -0.2) is 4.79 Å². The Labute approximate surface area is 141 Å². The molecule has 2 aromatic carbocycles. The van der Waals surface area contributed by atoms with Crippen LogP contribution in [0.15, 0.2) is 36.4 Å². The van der Waals surface area contributed by atoms with Crippen molar-refractivity contribution in [3.63, 3.8) is 0 Å². The van der Waals surface area contributed by atoms with Crippen molar-refractivity contribution in [2.45, 2.75) is 12.8 Å². The maximum atomic E-state index is 11.8. The normalized spacial score (nSPS) is 13.8. The van der Waals surface area contributed by atoms with Gasteiger partial charge in [-0.05, 0) is 42.2 Å². The molecule has 0 atom stereocenters. The zero-order valence-electron chi connectivity index (χ0n) is 13.9. The van der Waals surface area contributed by atoms with Gasteiger partial charge < -0.3 is 19.5 Å². The molecule has 0 saturated carbocycles. The molecule has 5 nitrogen and oxygen atoms in total. The Kier molecular flexibility index (Phi) is 4.60. The second-order valence-corrected chi connectivity index (χ2v) is 5.75. The number of benzene rings is 2. The number of fused-ring (bicyclic) bond motifs is 1. The summed E-state index contributed by atoms with van der Waals surface area (Å²) in [6.45, 7) is 1.61. The number of anilines is 1. The van der Waals surface area contributed by atoms with Crippen LogP contribution in [0.1, 0.15) is 21.5 Å². The van der Waals surface area contributed by atoms with Crippen LogP contribution in [-0.2, 0) is 12.8 Å². The van der Waals surface area contributed by atoms with Crippen molar-refractivity contribution in [2.75, 3.05) is 32.2 Å². The molecule has 0 spiro atoms. The van der Waals surface area contributed by atoms with Gasteiger partial charge in [0.25, 0.3) is 0 Å². The summed E-state index contributed by atoms with van der Waals surface area (Å²) in [5.74, 6) is -0.200. The number of rotatable bonds is 4. The van der Waals surface area contributed by atoms with E-state index in [1.54, 1.807) is 0 Å². The van der Waals surface area contributed by atoms with E-state index in [1.807, 2.05) is 24.3 Å². The molecule has 0 aliphatic carbocycles. The van der Waals surface area contributed by atoms with Crippen LogP contribution in [0.3, 0.4) is 0 Å². The number of hydrogen-bond acceptors (Lipinski definition) is 4. The summed E-state index contributed by atoms with van der Waals surface area (Å²) in [5.41, 5.74) is 3.24. The zero-order valence-corrected chi connectivity index (χ0v) is 13.9. The number of methoxy groups -OCH3 is 2. The van der Waals surface area contributed by atoms with Crippen molar-refractivity contribution < 1.29 is 19.4 Å². The number of carboxylic acids is 1. The molecule has 0 fully saturated rings. The minimum Gasteiger partial charge on any atom is -0.493 e. The molecule has 126 valence electrons. The second-order valence-electron chi connectivity index (χ2n) is 5.75. The average molecular weight is 327 g/mol. The third-order valence-electron chi connectivity index (χ3n) is 4.49. The minimum atomic E-state index is -0.977. The third kappa shape index (κ3) is 2.89. The van der Waals surface area contributed by atoms with E-state index in [9.17, 15) is 9.90 Å². The predicted molar refractivity (Wildman–Crippen MR) is 92.6 cm³/mol. The Morgan fingerprint density at radius 3 is 2.42 bits per heavy atom. The molecule has 0 radical (unpaired) electrons. The number of carboxylic acid groups (broad SMARTS) is 1. The van der Waals surface area contributed by atoms with Crippen LogP contribution in [0, 0.1) is 0 Å². The first kappa shape index (κ1) is 16.2. The van der Waals surface area contributed by atoms with Crippen LogP contribution < -0.4 is 14.4 Å². The Morgan fingerprint density at radius 2 is 1.79 bits per heavy atom. The van der Waals surface area contributed by atoms with Crippen LogP contribution in [0.4, 0.5) is 5.69 Å².